The number of carbonyl (C=O) groups excluding carboxylic acids is 4. The highest BCUT2D eigenvalue weighted by Crippen LogP contribution is 2.45. The zero-order valence-corrected chi connectivity index (χ0v) is 69.9. The van der Waals surface area contributed by atoms with Crippen LogP contribution in [0.3, 0.4) is 0 Å². The largest absolute Gasteiger partial charge is 0.472 e. The minimum absolute atomic E-state index is 0.0254. The van der Waals surface area contributed by atoms with Crippen molar-refractivity contribution in [3.63, 3.8) is 0 Å². The van der Waals surface area contributed by atoms with Gasteiger partial charge in [-0.2, -0.15) is 0 Å². The van der Waals surface area contributed by atoms with E-state index in [-0.39, 0.29) is 25.7 Å². The number of hydrogen-bond donors (Lipinski definition) is 3. The average molecular weight is 1570 g/mol. The number of ether oxygens (including phenoxy) is 4. The Bertz CT molecular complexity index is 2850. The zero-order chi connectivity index (χ0) is 80.3. The number of aliphatic hydroxyl groups is 1. The third-order valence-corrected chi connectivity index (χ3v) is 18.4. The molecule has 0 aliphatic heterocycles. The Balaban J connectivity index is 5.51. The number of phosphoric acid groups is 2. The molecule has 0 aliphatic carbocycles. The molecule has 5 unspecified atom stereocenters. The van der Waals surface area contributed by atoms with Crippen LogP contribution < -0.4 is 0 Å². The highest BCUT2D eigenvalue weighted by Gasteiger charge is 2.30. The van der Waals surface area contributed by atoms with E-state index in [9.17, 15) is 43.2 Å². The molecule has 0 aromatic rings. The Hall–Kier alpha value is -6.10. The highest BCUT2D eigenvalue weighted by atomic mass is 31.2. The third-order valence-electron chi connectivity index (χ3n) is 16.5. The maximum atomic E-state index is 13.1. The second-order valence-electron chi connectivity index (χ2n) is 26.9. The molecule has 0 rings (SSSR count). The summed E-state index contributed by atoms with van der Waals surface area (Å²) in [4.78, 5) is 73.2. The van der Waals surface area contributed by atoms with Gasteiger partial charge < -0.3 is 33.8 Å². The lowest BCUT2D eigenvalue weighted by Crippen LogP contribution is -2.30. The summed E-state index contributed by atoms with van der Waals surface area (Å²) in [7, 11) is -10.0. The number of rotatable bonds is 76. The first-order chi connectivity index (χ1) is 53.7. The van der Waals surface area contributed by atoms with Crippen LogP contribution in [0.5, 0.6) is 0 Å². The molecule has 0 saturated heterocycles. The second kappa shape index (κ2) is 80.9. The number of unbranched alkanes of at least 4 members (excludes halogenated alkanes) is 18. The van der Waals surface area contributed by atoms with Crippen LogP contribution in [0.15, 0.2) is 194 Å². The molecule has 0 aliphatic rings. The van der Waals surface area contributed by atoms with Gasteiger partial charge in [-0.15, -0.1) is 0 Å². The molecule has 5 atom stereocenters. The maximum absolute atomic E-state index is 13.1. The fourth-order valence-corrected chi connectivity index (χ4v) is 11.9. The van der Waals surface area contributed by atoms with Gasteiger partial charge in [-0.05, 0) is 173 Å². The standard InChI is InChI=1S/C91H146O17P2/c1-5-9-13-17-21-25-29-33-37-40-42-45-48-51-55-59-63-67-71-75-88(93)101-81-86(107-90(95)77-73-69-65-61-57-53-47-36-32-28-24-20-16-12-8-4)83-105-109(97,98)103-79-85(92)80-104-110(99,100)106-84-87(108-91(96)78-74-70-66-62-58-54-50-44-39-35-31-27-23-19-15-11-7-3)82-102-89(94)76-72-68-64-60-56-52-49-46-43-41-38-34-30-26-22-18-14-10-6-2/h10-12,14-16,21-28,33-39,42-43,45-47,52,56-57,61,64,68,85-87,92H,5-9,13,17-20,29-32,40-41,44,48-51,53-55,58-60,62-63,65-67,69-84H2,1-4H3,(H,97,98)(H,99,100)/b14-10-,15-11-,16-12-,25-21-,26-22-,27-23-,28-24-,37-33-,38-34-,39-35-,45-42-,46-43-,47-36-,56-52-,61-57-,68-64-. The van der Waals surface area contributed by atoms with Crippen LogP contribution >= 0.6 is 15.6 Å². The van der Waals surface area contributed by atoms with Gasteiger partial charge in [-0.3, -0.25) is 37.3 Å². The van der Waals surface area contributed by atoms with E-state index in [0.29, 0.717) is 38.5 Å². The highest BCUT2D eigenvalue weighted by molar-refractivity contribution is 7.47. The molecule has 0 saturated carbocycles. The SMILES string of the molecule is CC/C=C\C/C=C\C/C=C\C/C=C\C/C=C\C/C=C\CCC(=O)OCC(COP(=O)(O)OCC(O)COP(=O)(O)OCC(COC(=O)CCCCCCCC/C=C\C/C=C\C/C=C\CCCCC)OC(=O)CCCC/C=C\C/C=C\C/C=C\C/C=C\CC)OC(=O)CCCCCCCCC/C=C\C/C=C\C/C=C\CC. The second-order valence-corrected chi connectivity index (χ2v) is 29.8. The van der Waals surface area contributed by atoms with Gasteiger partial charge in [0.2, 0.25) is 0 Å². The number of phosphoric ester groups is 2. The predicted octanol–water partition coefficient (Wildman–Crippen LogP) is 24.9. The lowest BCUT2D eigenvalue weighted by Gasteiger charge is -2.21. The molecule has 0 heterocycles. The molecule has 0 radical (unpaired) electrons. The summed E-state index contributed by atoms with van der Waals surface area (Å²) >= 11 is 0. The van der Waals surface area contributed by atoms with E-state index in [1.807, 2.05) is 18.2 Å². The van der Waals surface area contributed by atoms with E-state index in [2.05, 4.69) is 204 Å². The molecule has 0 fully saturated rings. The number of esters is 4. The van der Waals surface area contributed by atoms with Crippen molar-refractivity contribution < 1.29 is 80.2 Å². The lowest BCUT2D eigenvalue weighted by molar-refractivity contribution is -0.161. The fraction of sp³-hybridized carbons (Fsp3) is 0.604. The summed E-state index contributed by atoms with van der Waals surface area (Å²) in [5.74, 6) is -2.36. The van der Waals surface area contributed by atoms with E-state index < -0.39 is 97.5 Å². The lowest BCUT2D eigenvalue weighted by atomic mass is 10.1. The molecule has 17 nitrogen and oxygen atoms in total. The van der Waals surface area contributed by atoms with E-state index >= 15 is 0 Å². The molecule has 3 N–H and O–H groups in total. The molecule has 0 bridgehead atoms. The van der Waals surface area contributed by atoms with E-state index in [0.717, 1.165) is 186 Å². The first-order valence-electron chi connectivity index (χ1n) is 41.7. The minimum atomic E-state index is -5.01. The van der Waals surface area contributed by atoms with Gasteiger partial charge in [0.25, 0.3) is 0 Å². The van der Waals surface area contributed by atoms with Crippen molar-refractivity contribution in [2.24, 2.45) is 0 Å². The van der Waals surface area contributed by atoms with Gasteiger partial charge in [0, 0.05) is 25.7 Å². The van der Waals surface area contributed by atoms with Crippen LogP contribution in [0.1, 0.15) is 297 Å². The molecule has 19 heteroatoms. The quantitative estimate of drug-likeness (QED) is 0.0169. The average Bonchev–Trinajstić information content (AvgIpc) is 0.906. The van der Waals surface area contributed by atoms with E-state index in [1.165, 1.54) is 19.3 Å². The number of aliphatic hydroxyl groups excluding tert-OH is 1. The van der Waals surface area contributed by atoms with Crippen LogP contribution in [0.4, 0.5) is 0 Å². The van der Waals surface area contributed by atoms with Gasteiger partial charge in [0.05, 0.1) is 26.4 Å². The number of carbonyl (C=O) groups is 4. The van der Waals surface area contributed by atoms with Gasteiger partial charge >= 0.3 is 39.5 Å². The van der Waals surface area contributed by atoms with Gasteiger partial charge in [-0.25, -0.2) is 9.13 Å². The van der Waals surface area contributed by atoms with Crippen molar-refractivity contribution in [1.29, 1.82) is 0 Å². The van der Waals surface area contributed by atoms with Crippen molar-refractivity contribution in [2.75, 3.05) is 39.6 Å². The molecular weight excluding hydrogens is 1430 g/mol. The zero-order valence-electron chi connectivity index (χ0n) is 68.1. The first kappa shape index (κ1) is 104. The van der Waals surface area contributed by atoms with Crippen molar-refractivity contribution in [1.82, 2.24) is 0 Å². The fourth-order valence-electron chi connectivity index (χ4n) is 10.3. The molecular formula is C91H146O17P2. The molecule has 0 amide bonds. The summed E-state index contributed by atoms with van der Waals surface area (Å²) < 4.78 is 68.6. The van der Waals surface area contributed by atoms with Crippen molar-refractivity contribution >= 4 is 39.5 Å². The number of allylic oxidation sites excluding steroid dienone is 32. The van der Waals surface area contributed by atoms with Gasteiger partial charge in [0.1, 0.15) is 19.3 Å². The van der Waals surface area contributed by atoms with Crippen molar-refractivity contribution in [2.45, 2.75) is 316 Å². The summed E-state index contributed by atoms with van der Waals surface area (Å²) in [6.45, 7) is 4.34. The third kappa shape index (κ3) is 80.0. The molecule has 0 aromatic heterocycles. The number of hydrogen-bond acceptors (Lipinski definition) is 15. The summed E-state index contributed by atoms with van der Waals surface area (Å²) in [6, 6.07) is 0. The summed E-state index contributed by atoms with van der Waals surface area (Å²) in [5, 5.41) is 10.7. The Morgan fingerprint density at radius 1 is 0.264 bits per heavy atom. The van der Waals surface area contributed by atoms with E-state index in [4.69, 9.17) is 37.0 Å². The van der Waals surface area contributed by atoms with Gasteiger partial charge in [-0.1, -0.05) is 293 Å². The Kier molecular flexibility index (Phi) is 76.4. The van der Waals surface area contributed by atoms with Crippen LogP contribution in [-0.2, 0) is 65.4 Å². The Morgan fingerprint density at radius 2 is 0.491 bits per heavy atom. The van der Waals surface area contributed by atoms with Crippen LogP contribution in [0, 0.1) is 0 Å². The van der Waals surface area contributed by atoms with Crippen LogP contribution in [0.25, 0.3) is 0 Å². The minimum Gasteiger partial charge on any atom is -0.462 e. The normalized spacial score (nSPS) is 14.8. The molecule has 0 spiro atoms. The molecule has 622 valence electrons. The smallest absolute Gasteiger partial charge is 0.462 e. The van der Waals surface area contributed by atoms with Crippen LogP contribution in [0.2, 0.25) is 0 Å². The first-order valence-corrected chi connectivity index (χ1v) is 44.7. The summed E-state index contributed by atoms with van der Waals surface area (Å²) in [5.41, 5.74) is 0. The molecule has 0 aromatic carbocycles. The topological polar surface area (TPSA) is 237 Å². The summed E-state index contributed by atoms with van der Waals surface area (Å²) in [6.07, 6.45) is 99.9. The monoisotopic (exact) mass is 1570 g/mol. The van der Waals surface area contributed by atoms with E-state index in [1.54, 1.807) is 0 Å². The van der Waals surface area contributed by atoms with Crippen LogP contribution in [-0.4, -0.2) is 96.7 Å². The Morgan fingerprint density at radius 3 is 0.800 bits per heavy atom. The van der Waals surface area contributed by atoms with Gasteiger partial charge in [0.15, 0.2) is 12.2 Å². The maximum Gasteiger partial charge on any atom is 0.472 e. The van der Waals surface area contributed by atoms with Crippen molar-refractivity contribution in [3.8, 4) is 0 Å². The predicted molar refractivity (Wildman–Crippen MR) is 454 cm³/mol. The molecule has 110 heavy (non-hydrogen) atoms. The Labute approximate surface area is 666 Å². The van der Waals surface area contributed by atoms with Crippen molar-refractivity contribution in [3.05, 3.63) is 194 Å².